The molecular weight excluding hydrogens is 306 g/mol. The van der Waals surface area contributed by atoms with E-state index in [0.29, 0.717) is 12.5 Å². The smallest absolute Gasteiger partial charge is 0.241 e. The van der Waals surface area contributed by atoms with Crippen LogP contribution in [0.15, 0.2) is 0 Å². The summed E-state index contributed by atoms with van der Waals surface area (Å²) in [5.74, 6) is 2.57. The highest BCUT2D eigenvalue weighted by atomic mass is 16.5. The van der Waals surface area contributed by atoms with Gasteiger partial charge in [0.25, 0.3) is 0 Å². The van der Waals surface area contributed by atoms with Gasteiger partial charge in [0, 0.05) is 32.0 Å². The Balaban J connectivity index is 1.62. The molecule has 0 aromatic carbocycles. The molecule has 1 saturated heterocycles. The van der Waals surface area contributed by atoms with Gasteiger partial charge in [-0.25, -0.2) is 4.98 Å². The molecule has 134 valence electrons. The van der Waals surface area contributed by atoms with Crippen LogP contribution >= 0.6 is 0 Å². The largest absolute Gasteiger partial charge is 0.383 e. The minimum Gasteiger partial charge on any atom is -0.383 e. The molecule has 2 fully saturated rings. The van der Waals surface area contributed by atoms with E-state index < -0.39 is 6.04 Å². The maximum Gasteiger partial charge on any atom is 0.241 e. The van der Waals surface area contributed by atoms with E-state index >= 15 is 0 Å². The Labute approximate surface area is 143 Å². The van der Waals surface area contributed by atoms with Gasteiger partial charge in [-0.05, 0) is 25.7 Å². The minimum absolute atomic E-state index is 0.0374. The third-order valence-corrected chi connectivity index (χ3v) is 5.27. The lowest BCUT2D eigenvalue weighted by molar-refractivity contribution is -0.135. The number of aromatic amines is 1. The van der Waals surface area contributed by atoms with Crippen molar-refractivity contribution in [3.05, 3.63) is 11.6 Å². The summed E-state index contributed by atoms with van der Waals surface area (Å²) in [6.07, 6.45) is 8.28. The molecular formula is C17H29N5O2. The van der Waals surface area contributed by atoms with Crippen molar-refractivity contribution in [1.29, 1.82) is 0 Å². The predicted octanol–water partition coefficient (Wildman–Crippen LogP) is 1.53. The fourth-order valence-electron chi connectivity index (χ4n) is 3.90. The van der Waals surface area contributed by atoms with Crippen molar-refractivity contribution in [2.45, 2.75) is 62.8 Å². The summed E-state index contributed by atoms with van der Waals surface area (Å²) in [7, 11) is 1.56. The molecule has 3 rings (SSSR count). The SMILES string of the molecule is COCC(N)C(=O)N1CCCC(c2n[nH]c(C3CCCCC3)n2)C1. The van der Waals surface area contributed by atoms with E-state index in [1.807, 2.05) is 4.90 Å². The summed E-state index contributed by atoms with van der Waals surface area (Å²) in [5.41, 5.74) is 5.89. The number of hydrogen-bond acceptors (Lipinski definition) is 5. The lowest BCUT2D eigenvalue weighted by Gasteiger charge is -2.33. The number of amides is 1. The number of nitrogens with one attached hydrogen (secondary N) is 1. The fraction of sp³-hybridized carbons (Fsp3) is 0.824. The van der Waals surface area contributed by atoms with Gasteiger partial charge in [-0.2, -0.15) is 5.10 Å². The molecule has 1 aliphatic carbocycles. The molecule has 7 nitrogen and oxygen atoms in total. The molecule has 1 aliphatic heterocycles. The van der Waals surface area contributed by atoms with Crippen LogP contribution in [0.4, 0.5) is 0 Å². The van der Waals surface area contributed by atoms with Crippen LogP contribution in [-0.2, 0) is 9.53 Å². The van der Waals surface area contributed by atoms with Crippen molar-refractivity contribution in [2.75, 3.05) is 26.8 Å². The first kappa shape index (κ1) is 17.4. The lowest BCUT2D eigenvalue weighted by Crippen LogP contribution is -2.49. The summed E-state index contributed by atoms with van der Waals surface area (Å²) in [6, 6.07) is -0.585. The van der Waals surface area contributed by atoms with Gasteiger partial charge in [-0.15, -0.1) is 0 Å². The monoisotopic (exact) mass is 335 g/mol. The molecule has 7 heteroatoms. The molecule has 1 aromatic heterocycles. The number of nitrogens with zero attached hydrogens (tertiary/aromatic N) is 3. The van der Waals surface area contributed by atoms with Crippen LogP contribution in [0, 0.1) is 0 Å². The van der Waals surface area contributed by atoms with Gasteiger partial charge in [-0.3, -0.25) is 9.89 Å². The number of methoxy groups -OCH3 is 1. The Morgan fingerprint density at radius 1 is 1.29 bits per heavy atom. The summed E-state index contributed by atoms with van der Waals surface area (Å²) < 4.78 is 5.00. The maximum absolute atomic E-state index is 12.4. The predicted molar refractivity (Wildman–Crippen MR) is 90.6 cm³/mol. The fourth-order valence-corrected chi connectivity index (χ4v) is 3.90. The second-order valence-corrected chi connectivity index (χ2v) is 7.10. The van der Waals surface area contributed by atoms with E-state index in [2.05, 4.69) is 10.2 Å². The number of likely N-dealkylation sites (tertiary alicyclic amines) is 1. The molecule has 24 heavy (non-hydrogen) atoms. The van der Waals surface area contributed by atoms with Gasteiger partial charge in [-0.1, -0.05) is 19.3 Å². The molecule has 2 unspecified atom stereocenters. The van der Waals surface area contributed by atoms with Crippen LogP contribution in [0.25, 0.3) is 0 Å². The molecule has 1 aromatic rings. The van der Waals surface area contributed by atoms with E-state index in [0.717, 1.165) is 31.0 Å². The first-order chi connectivity index (χ1) is 11.7. The summed E-state index contributed by atoms with van der Waals surface area (Å²) in [5, 5.41) is 7.61. The summed E-state index contributed by atoms with van der Waals surface area (Å²) >= 11 is 0. The Hall–Kier alpha value is -1.47. The van der Waals surface area contributed by atoms with Gasteiger partial charge in [0.05, 0.1) is 6.61 Å². The van der Waals surface area contributed by atoms with E-state index in [9.17, 15) is 4.79 Å². The highest BCUT2D eigenvalue weighted by Crippen LogP contribution is 2.32. The van der Waals surface area contributed by atoms with E-state index in [4.69, 9.17) is 15.5 Å². The second-order valence-electron chi connectivity index (χ2n) is 7.10. The highest BCUT2D eigenvalue weighted by molar-refractivity contribution is 5.82. The van der Waals surface area contributed by atoms with Crippen LogP contribution in [-0.4, -0.2) is 58.8 Å². The van der Waals surface area contributed by atoms with Crippen molar-refractivity contribution in [2.24, 2.45) is 5.73 Å². The van der Waals surface area contributed by atoms with Crippen LogP contribution in [0.5, 0.6) is 0 Å². The number of hydrogen-bond donors (Lipinski definition) is 2. The van der Waals surface area contributed by atoms with Gasteiger partial charge in [0.2, 0.25) is 5.91 Å². The first-order valence-electron chi connectivity index (χ1n) is 9.14. The number of rotatable bonds is 5. The molecule has 1 saturated carbocycles. The van der Waals surface area contributed by atoms with Gasteiger partial charge in [0.1, 0.15) is 11.9 Å². The third-order valence-electron chi connectivity index (χ3n) is 5.27. The van der Waals surface area contributed by atoms with Gasteiger partial charge in [0.15, 0.2) is 5.82 Å². The molecule has 2 aliphatic rings. The summed E-state index contributed by atoms with van der Waals surface area (Å²) in [6.45, 7) is 1.66. The number of ether oxygens (including phenoxy) is 1. The van der Waals surface area contributed by atoms with Crippen LogP contribution < -0.4 is 5.73 Å². The number of aromatic nitrogens is 3. The quantitative estimate of drug-likeness (QED) is 0.850. The van der Waals surface area contributed by atoms with Crippen LogP contribution in [0.2, 0.25) is 0 Å². The number of H-pyrrole nitrogens is 1. The topological polar surface area (TPSA) is 97.1 Å². The lowest BCUT2D eigenvalue weighted by atomic mass is 9.89. The maximum atomic E-state index is 12.4. The zero-order valence-corrected chi connectivity index (χ0v) is 14.5. The first-order valence-corrected chi connectivity index (χ1v) is 9.14. The third kappa shape index (κ3) is 3.95. The number of nitrogens with two attached hydrogens (primary N) is 1. The van der Waals surface area contributed by atoms with Crippen molar-refractivity contribution in [3.63, 3.8) is 0 Å². The number of carbonyl (C=O) groups is 1. The number of carbonyl (C=O) groups excluding carboxylic acids is 1. The normalized spacial score (nSPS) is 24.1. The van der Waals surface area contributed by atoms with Crippen LogP contribution in [0.3, 0.4) is 0 Å². The average Bonchev–Trinajstić information content (AvgIpc) is 3.12. The molecule has 1 amide bonds. The van der Waals surface area contributed by atoms with Crippen molar-refractivity contribution in [3.8, 4) is 0 Å². The van der Waals surface area contributed by atoms with Crippen molar-refractivity contribution < 1.29 is 9.53 Å². The Bertz CT molecular complexity index is 541. The van der Waals surface area contributed by atoms with Gasteiger partial charge >= 0.3 is 0 Å². The molecule has 2 atom stereocenters. The van der Waals surface area contributed by atoms with E-state index in [1.54, 1.807) is 7.11 Å². The Morgan fingerprint density at radius 3 is 2.79 bits per heavy atom. The molecule has 0 bridgehead atoms. The van der Waals surface area contributed by atoms with Crippen molar-refractivity contribution >= 4 is 5.91 Å². The highest BCUT2D eigenvalue weighted by Gasteiger charge is 2.30. The van der Waals surface area contributed by atoms with E-state index in [-0.39, 0.29) is 18.4 Å². The minimum atomic E-state index is -0.585. The van der Waals surface area contributed by atoms with E-state index in [1.165, 1.54) is 32.1 Å². The van der Waals surface area contributed by atoms with Crippen molar-refractivity contribution in [1.82, 2.24) is 20.1 Å². The Morgan fingerprint density at radius 2 is 2.04 bits per heavy atom. The average molecular weight is 335 g/mol. The molecule has 0 spiro atoms. The standard InChI is InChI=1S/C17H29N5O2/c1-24-11-14(18)17(23)22-9-5-8-13(10-22)16-19-15(20-21-16)12-6-3-2-4-7-12/h12-14H,2-11,18H2,1H3,(H,19,20,21). The second kappa shape index (κ2) is 8.07. The van der Waals surface area contributed by atoms with Gasteiger partial charge < -0.3 is 15.4 Å². The molecule has 3 N–H and O–H groups in total. The molecule has 0 radical (unpaired) electrons. The molecule has 2 heterocycles. The number of piperidine rings is 1. The van der Waals surface area contributed by atoms with Crippen LogP contribution in [0.1, 0.15) is 68.4 Å². The summed E-state index contributed by atoms with van der Waals surface area (Å²) in [4.78, 5) is 19.0. The Kier molecular flexibility index (Phi) is 5.84. The zero-order valence-electron chi connectivity index (χ0n) is 14.5. The zero-order chi connectivity index (χ0) is 16.9.